The third-order valence-corrected chi connectivity index (χ3v) is 13.4. The van der Waals surface area contributed by atoms with E-state index in [1.807, 2.05) is 52.0 Å². The van der Waals surface area contributed by atoms with E-state index in [-0.39, 0.29) is 36.8 Å². The van der Waals surface area contributed by atoms with E-state index < -0.39 is 65.0 Å². The average molecular weight is 778 g/mol. The van der Waals surface area contributed by atoms with Gasteiger partial charge in [0.15, 0.2) is 5.60 Å². The summed E-state index contributed by atoms with van der Waals surface area (Å²) in [5.41, 5.74) is -1.31. The van der Waals surface area contributed by atoms with Crippen molar-refractivity contribution in [3.05, 3.63) is 41.5 Å². The Kier molecular flexibility index (Phi) is 13.7. The van der Waals surface area contributed by atoms with E-state index >= 15 is 0 Å². The number of nitrogens with zero attached hydrogens (tertiary/aromatic N) is 2. The maximum Gasteiger partial charge on any atom is 0.408 e. The number of rotatable bonds is 7. The van der Waals surface area contributed by atoms with Gasteiger partial charge in [-0.3, -0.25) is 19.4 Å². The first-order chi connectivity index (χ1) is 26.0. The Morgan fingerprint density at radius 2 is 1.69 bits per heavy atom. The standard InChI is InChI=1S/C43H59N3O8S/c1-11-36-43(8)39(45-41(50)54-43)28(5)37(47)25(2)24-42(7,51-20-12-13-33-14-15-35(55-33)30-16-18-44-19-17-30)34(27(4)38(48)29(6)40(49)53-36)23-32-22-31(46(9)10)21-26(3)52-32/h14-19,25-29,31-32,34,36,39H,11,20-24H2,1-10H3,(H,45,50)/t25-,26-,27-,28+,29-,31+,32?,34-,36-,39?,42+,43-/m1/s1. The molecule has 0 spiro atoms. The minimum atomic E-state index is -1.33. The summed E-state index contributed by atoms with van der Waals surface area (Å²) in [4.78, 5) is 63.8. The van der Waals surface area contributed by atoms with Crippen molar-refractivity contribution in [3.63, 3.8) is 0 Å². The summed E-state index contributed by atoms with van der Waals surface area (Å²) >= 11 is 1.58. The minimum Gasteiger partial charge on any atom is -0.458 e. The number of Topliss-reactive ketones (excluding diaryl/α,β-unsaturated/α-hetero) is 2. The number of ether oxygens (including phenoxy) is 4. The molecule has 3 aliphatic heterocycles. The number of pyridine rings is 1. The van der Waals surface area contributed by atoms with Crippen LogP contribution in [0.15, 0.2) is 36.7 Å². The molecular weight excluding hydrogens is 719 g/mol. The molecule has 0 saturated carbocycles. The van der Waals surface area contributed by atoms with Crippen molar-refractivity contribution in [2.24, 2.45) is 29.6 Å². The van der Waals surface area contributed by atoms with Crippen molar-refractivity contribution in [2.75, 3.05) is 20.7 Å². The van der Waals surface area contributed by atoms with Gasteiger partial charge in [-0.05, 0) is 110 Å². The molecule has 5 rings (SSSR count). The van der Waals surface area contributed by atoms with Gasteiger partial charge in [0, 0.05) is 41.1 Å². The lowest BCUT2D eigenvalue weighted by molar-refractivity contribution is -0.173. The molecule has 12 atom stereocenters. The zero-order chi connectivity index (χ0) is 40.2. The van der Waals surface area contributed by atoms with Gasteiger partial charge >= 0.3 is 12.1 Å². The topological polar surface area (TPSA) is 133 Å². The van der Waals surface area contributed by atoms with Gasteiger partial charge in [0.2, 0.25) is 0 Å². The number of amides is 1. The van der Waals surface area contributed by atoms with E-state index in [4.69, 9.17) is 18.9 Å². The Morgan fingerprint density at radius 1 is 0.982 bits per heavy atom. The number of ketones is 2. The van der Waals surface area contributed by atoms with Crippen LogP contribution in [0, 0.1) is 41.4 Å². The van der Waals surface area contributed by atoms with Crippen molar-refractivity contribution in [3.8, 4) is 22.3 Å². The zero-order valence-corrected chi connectivity index (χ0v) is 34.9. The molecule has 5 heterocycles. The maximum absolute atomic E-state index is 14.5. The quantitative estimate of drug-likeness (QED) is 0.184. The van der Waals surface area contributed by atoms with Crippen LogP contribution in [0.5, 0.6) is 0 Å². The van der Waals surface area contributed by atoms with E-state index in [1.54, 1.807) is 44.5 Å². The van der Waals surface area contributed by atoms with Crippen molar-refractivity contribution >= 4 is 35.0 Å². The van der Waals surface area contributed by atoms with Gasteiger partial charge in [-0.25, -0.2) is 4.79 Å². The van der Waals surface area contributed by atoms with Crippen LogP contribution in [0.1, 0.15) is 92.4 Å². The maximum atomic E-state index is 14.5. The Hall–Kier alpha value is -3.63. The molecule has 0 bridgehead atoms. The van der Waals surface area contributed by atoms with Crippen molar-refractivity contribution in [1.82, 2.24) is 15.2 Å². The summed E-state index contributed by atoms with van der Waals surface area (Å²) in [5, 5.41) is 2.84. The van der Waals surface area contributed by atoms with Crippen molar-refractivity contribution in [1.29, 1.82) is 0 Å². The van der Waals surface area contributed by atoms with Gasteiger partial charge in [0.1, 0.15) is 30.2 Å². The number of fused-ring (bicyclic) bond motifs is 1. The molecule has 11 nitrogen and oxygen atoms in total. The second-order valence-electron chi connectivity index (χ2n) is 16.5. The summed E-state index contributed by atoms with van der Waals surface area (Å²) in [6.07, 6.45) is 4.51. The van der Waals surface area contributed by atoms with Gasteiger partial charge in [-0.15, -0.1) is 11.3 Å². The van der Waals surface area contributed by atoms with Gasteiger partial charge in [0.05, 0.1) is 28.7 Å². The van der Waals surface area contributed by atoms with Gasteiger partial charge in [0.25, 0.3) is 0 Å². The summed E-state index contributed by atoms with van der Waals surface area (Å²) in [7, 11) is 4.14. The number of cyclic esters (lactones) is 1. The molecule has 3 saturated heterocycles. The summed E-state index contributed by atoms with van der Waals surface area (Å²) in [5.74, 6) is 1.94. The highest BCUT2D eigenvalue weighted by atomic mass is 32.1. The predicted octanol–water partition coefficient (Wildman–Crippen LogP) is 6.72. The molecule has 2 aromatic rings. The number of alkyl carbamates (subject to hydrolysis) is 1. The van der Waals surface area contributed by atoms with E-state index in [1.165, 1.54) is 0 Å². The van der Waals surface area contributed by atoms with Crippen LogP contribution in [0.2, 0.25) is 0 Å². The van der Waals surface area contributed by atoms with Crippen LogP contribution in [-0.2, 0) is 33.3 Å². The largest absolute Gasteiger partial charge is 0.458 e. The highest BCUT2D eigenvalue weighted by Crippen LogP contribution is 2.43. The van der Waals surface area contributed by atoms with Gasteiger partial charge in [-0.1, -0.05) is 39.5 Å². The van der Waals surface area contributed by atoms with Crippen LogP contribution in [0.4, 0.5) is 4.79 Å². The average Bonchev–Trinajstić information content (AvgIpc) is 3.76. The minimum absolute atomic E-state index is 0.0101. The second kappa shape index (κ2) is 17.7. The Labute approximate surface area is 330 Å². The van der Waals surface area contributed by atoms with E-state index in [0.717, 1.165) is 28.2 Å². The summed E-state index contributed by atoms with van der Waals surface area (Å²) in [6, 6.07) is 7.46. The first-order valence-electron chi connectivity index (χ1n) is 19.7. The molecule has 0 aromatic carbocycles. The number of thiophene rings is 1. The number of hydrogen-bond donors (Lipinski definition) is 1. The van der Waals surface area contributed by atoms with Gasteiger partial charge < -0.3 is 29.2 Å². The van der Waals surface area contributed by atoms with Crippen molar-refractivity contribution < 1.29 is 38.1 Å². The number of hydrogen-bond acceptors (Lipinski definition) is 11. The van der Waals surface area contributed by atoms with E-state index in [2.05, 4.69) is 48.1 Å². The molecular formula is C43H59N3O8S. The number of esters is 1. The highest BCUT2D eigenvalue weighted by Gasteiger charge is 2.57. The van der Waals surface area contributed by atoms with E-state index in [0.29, 0.717) is 18.9 Å². The smallest absolute Gasteiger partial charge is 0.408 e. The molecule has 300 valence electrons. The number of carbonyl (C=O) groups excluding carboxylic acids is 4. The molecule has 1 amide bonds. The zero-order valence-electron chi connectivity index (χ0n) is 34.0. The monoisotopic (exact) mass is 777 g/mol. The molecule has 2 aromatic heterocycles. The van der Waals surface area contributed by atoms with Crippen LogP contribution < -0.4 is 5.32 Å². The number of carbonyl (C=O) groups is 4. The molecule has 12 heteroatoms. The first kappa shape index (κ1) is 42.5. The Morgan fingerprint density at radius 3 is 2.36 bits per heavy atom. The molecule has 55 heavy (non-hydrogen) atoms. The SMILES string of the molecule is CC[C@H]1OC(=O)[C@H](C)C(=O)[C@H](C)[C@@H](CC2C[C@@H](N(C)C)C[C@@H](C)O2)[C@@](C)(OCC#Cc2ccc(-c3ccncc3)s2)C[C@@H](C)C(=O)[C@H](C)C2NC(=O)O[C@@]21C. The van der Waals surface area contributed by atoms with Crippen LogP contribution in [-0.4, -0.2) is 95.8 Å². The molecule has 0 aliphatic carbocycles. The lowest BCUT2D eigenvalue weighted by Crippen LogP contribution is -2.57. The third-order valence-electron chi connectivity index (χ3n) is 12.3. The first-order valence-corrected chi connectivity index (χ1v) is 20.5. The fraction of sp³-hybridized carbons (Fsp3) is 0.651. The van der Waals surface area contributed by atoms with Crippen LogP contribution in [0.25, 0.3) is 10.4 Å². The fourth-order valence-corrected chi connectivity index (χ4v) is 9.99. The molecule has 2 unspecified atom stereocenters. The third kappa shape index (κ3) is 9.50. The summed E-state index contributed by atoms with van der Waals surface area (Å²) in [6.45, 7) is 14.7. The Balaban J connectivity index is 1.53. The predicted molar refractivity (Wildman–Crippen MR) is 211 cm³/mol. The van der Waals surface area contributed by atoms with Crippen LogP contribution in [0.3, 0.4) is 0 Å². The highest BCUT2D eigenvalue weighted by molar-refractivity contribution is 7.16. The van der Waals surface area contributed by atoms with Gasteiger partial charge in [-0.2, -0.15) is 0 Å². The number of nitrogens with one attached hydrogen (secondary N) is 1. The lowest BCUT2D eigenvalue weighted by atomic mass is 9.68. The molecule has 3 fully saturated rings. The lowest BCUT2D eigenvalue weighted by Gasteiger charge is -2.46. The summed E-state index contributed by atoms with van der Waals surface area (Å²) < 4.78 is 25.2. The fourth-order valence-electron chi connectivity index (χ4n) is 9.11. The molecule has 3 aliphatic rings. The van der Waals surface area contributed by atoms with Crippen molar-refractivity contribution in [2.45, 2.75) is 129 Å². The normalized spacial score (nSPS) is 36.2. The number of aromatic nitrogens is 1. The van der Waals surface area contributed by atoms with E-state index in [9.17, 15) is 19.2 Å². The second-order valence-corrected chi connectivity index (χ2v) is 17.6. The molecule has 0 radical (unpaired) electrons. The Bertz CT molecular complexity index is 1750. The molecule has 1 N–H and O–H groups in total. The van der Waals surface area contributed by atoms with Crippen LogP contribution >= 0.6 is 11.3 Å².